The van der Waals surface area contributed by atoms with Gasteiger partial charge in [-0.3, -0.25) is 0 Å². The van der Waals surface area contributed by atoms with Gasteiger partial charge in [-0.05, 0) is 18.2 Å². The second kappa shape index (κ2) is 4.29. The van der Waals surface area contributed by atoms with Crippen LogP contribution in [0, 0.1) is 0 Å². The average Bonchev–Trinajstić information content (AvgIpc) is 2.72. The highest BCUT2D eigenvalue weighted by Crippen LogP contribution is 2.36. The maximum atomic E-state index is 12.6. The van der Waals surface area contributed by atoms with Crippen molar-refractivity contribution >= 4 is 23.3 Å². The Bertz CT molecular complexity index is 511. The van der Waals surface area contributed by atoms with Crippen molar-refractivity contribution < 1.29 is 17.6 Å². The van der Waals surface area contributed by atoms with Crippen molar-refractivity contribution in [1.82, 2.24) is 4.98 Å². The van der Waals surface area contributed by atoms with Gasteiger partial charge in [-0.15, -0.1) is 0 Å². The van der Waals surface area contributed by atoms with Crippen LogP contribution in [0.25, 0.3) is 0 Å². The number of hydrogen-bond donors (Lipinski definition) is 1. The van der Waals surface area contributed by atoms with Crippen molar-refractivity contribution in [2.45, 2.75) is 6.18 Å². The highest BCUT2D eigenvalue weighted by Gasteiger charge is 2.33. The molecule has 90 valence electrons. The van der Waals surface area contributed by atoms with Crippen LogP contribution in [-0.4, -0.2) is 4.98 Å². The smallest absolute Gasteiger partial charge is 0.417 e. The number of alkyl halides is 3. The molecule has 1 heterocycles. The van der Waals surface area contributed by atoms with Crippen molar-refractivity contribution in [3.05, 3.63) is 41.2 Å². The van der Waals surface area contributed by atoms with E-state index in [1.165, 1.54) is 18.5 Å². The van der Waals surface area contributed by atoms with Crippen LogP contribution in [0.1, 0.15) is 5.56 Å². The molecule has 1 aromatic carbocycles. The molecular weight excluding hydrogens is 257 g/mol. The molecule has 0 radical (unpaired) electrons. The molecule has 0 aliphatic rings. The van der Waals surface area contributed by atoms with Crippen LogP contribution in [0.3, 0.4) is 0 Å². The molecule has 2 rings (SSSR count). The number of benzene rings is 1. The Morgan fingerprint density at radius 2 is 2.06 bits per heavy atom. The summed E-state index contributed by atoms with van der Waals surface area (Å²) in [6.07, 6.45) is -1.81. The lowest BCUT2D eigenvalue weighted by Crippen LogP contribution is -2.06. The van der Waals surface area contributed by atoms with Gasteiger partial charge in [0, 0.05) is 5.69 Å². The van der Waals surface area contributed by atoms with Crippen molar-refractivity contribution in [3.8, 4) is 0 Å². The van der Waals surface area contributed by atoms with Gasteiger partial charge < -0.3 is 9.73 Å². The first-order valence-electron chi connectivity index (χ1n) is 4.50. The van der Waals surface area contributed by atoms with E-state index in [9.17, 15) is 13.2 Å². The van der Waals surface area contributed by atoms with Crippen LogP contribution in [0.5, 0.6) is 0 Å². The Morgan fingerprint density at radius 1 is 1.29 bits per heavy atom. The van der Waals surface area contributed by atoms with Gasteiger partial charge in [0.1, 0.15) is 6.26 Å². The molecule has 0 spiro atoms. The Hall–Kier alpha value is -1.69. The molecule has 0 bridgehead atoms. The molecule has 2 aromatic rings. The average molecular weight is 263 g/mol. The third-order valence-corrected chi connectivity index (χ3v) is 2.28. The van der Waals surface area contributed by atoms with E-state index in [0.29, 0.717) is 0 Å². The first kappa shape index (κ1) is 11.8. The van der Waals surface area contributed by atoms with Gasteiger partial charge >= 0.3 is 6.18 Å². The van der Waals surface area contributed by atoms with E-state index in [4.69, 9.17) is 16.0 Å². The first-order valence-corrected chi connectivity index (χ1v) is 4.88. The molecule has 0 aliphatic heterocycles. The summed E-state index contributed by atoms with van der Waals surface area (Å²) < 4.78 is 42.5. The van der Waals surface area contributed by atoms with E-state index in [-0.39, 0.29) is 16.7 Å². The van der Waals surface area contributed by atoms with Gasteiger partial charge in [0.25, 0.3) is 6.01 Å². The summed E-state index contributed by atoms with van der Waals surface area (Å²) in [6.45, 7) is 0. The minimum atomic E-state index is -4.49. The monoisotopic (exact) mass is 262 g/mol. The predicted molar refractivity (Wildman–Crippen MR) is 56.2 cm³/mol. The summed E-state index contributed by atoms with van der Waals surface area (Å²) in [5.41, 5.74) is -0.708. The second-order valence-corrected chi connectivity index (χ2v) is 3.56. The van der Waals surface area contributed by atoms with Crippen LogP contribution in [0.4, 0.5) is 24.9 Å². The lowest BCUT2D eigenvalue weighted by Gasteiger charge is -2.10. The normalized spacial score (nSPS) is 11.5. The van der Waals surface area contributed by atoms with E-state index >= 15 is 0 Å². The van der Waals surface area contributed by atoms with E-state index < -0.39 is 11.7 Å². The number of rotatable bonds is 2. The van der Waals surface area contributed by atoms with Gasteiger partial charge in [0.05, 0.1) is 16.8 Å². The van der Waals surface area contributed by atoms with Crippen LogP contribution in [0.2, 0.25) is 5.02 Å². The van der Waals surface area contributed by atoms with E-state index in [1.54, 1.807) is 0 Å². The van der Waals surface area contributed by atoms with Crippen LogP contribution in [-0.2, 0) is 6.18 Å². The van der Waals surface area contributed by atoms with Crippen molar-refractivity contribution in [2.75, 3.05) is 5.32 Å². The molecule has 1 N–H and O–H groups in total. The Labute approximate surface area is 99.2 Å². The fraction of sp³-hybridized carbons (Fsp3) is 0.100. The summed E-state index contributed by atoms with van der Waals surface area (Å²) in [5, 5.41) is 2.24. The summed E-state index contributed by atoms with van der Waals surface area (Å²) in [6, 6.07) is 3.57. The second-order valence-electron chi connectivity index (χ2n) is 3.15. The number of hydrogen-bond acceptors (Lipinski definition) is 3. The van der Waals surface area contributed by atoms with Crippen LogP contribution >= 0.6 is 11.6 Å². The Balaban J connectivity index is 2.31. The highest BCUT2D eigenvalue weighted by atomic mass is 35.5. The third kappa shape index (κ3) is 2.71. The summed E-state index contributed by atoms with van der Waals surface area (Å²) in [7, 11) is 0. The number of anilines is 2. The molecule has 0 unspecified atom stereocenters. The Kier molecular flexibility index (Phi) is 2.97. The number of halogens is 4. The van der Waals surface area contributed by atoms with E-state index in [2.05, 4.69) is 10.3 Å². The summed E-state index contributed by atoms with van der Waals surface area (Å²) in [4.78, 5) is 3.73. The molecular formula is C10H6ClF3N2O. The van der Waals surface area contributed by atoms with Gasteiger partial charge in [-0.1, -0.05) is 11.6 Å². The minimum Gasteiger partial charge on any atom is -0.432 e. The standard InChI is InChI=1S/C10H6ClF3N2O/c11-8-2-1-6(5-7(8)10(12,13)14)16-9-15-3-4-17-9/h1-5H,(H,15,16). The van der Waals surface area contributed by atoms with Crippen LogP contribution < -0.4 is 5.32 Å². The zero-order chi connectivity index (χ0) is 12.5. The lowest BCUT2D eigenvalue weighted by atomic mass is 10.2. The molecule has 17 heavy (non-hydrogen) atoms. The van der Waals surface area contributed by atoms with Gasteiger partial charge in [-0.2, -0.15) is 13.2 Å². The highest BCUT2D eigenvalue weighted by molar-refractivity contribution is 6.31. The molecule has 0 saturated carbocycles. The molecule has 1 aromatic heterocycles. The largest absolute Gasteiger partial charge is 0.432 e. The van der Waals surface area contributed by atoms with Crippen molar-refractivity contribution in [2.24, 2.45) is 0 Å². The van der Waals surface area contributed by atoms with Gasteiger partial charge in [-0.25, -0.2) is 4.98 Å². The maximum absolute atomic E-state index is 12.6. The number of nitrogens with zero attached hydrogens (tertiary/aromatic N) is 1. The third-order valence-electron chi connectivity index (χ3n) is 1.96. The fourth-order valence-electron chi connectivity index (χ4n) is 1.23. The van der Waals surface area contributed by atoms with Crippen LogP contribution in [0.15, 0.2) is 35.1 Å². The van der Waals surface area contributed by atoms with Crippen molar-refractivity contribution in [1.29, 1.82) is 0 Å². The molecule has 0 saturated heterocycles. The molecule has 0 aliphatic carbocycles. The van der Waals surface area contributed by atoms with Crippen molar-refractivity contribution in [3.63, 3.8) is 0 Å². The quantitative estimate of drug-likeness (QED) is 0.886. The molecule has 0 fully saturated rings. The molecule has 0 amide bonds. The maximum Gasteiger partial charge on any atom is 0.417 e. The SMILES string of the molecule is FC(F)(F)c1cc(Nc2ncco2)ccc1Cl. The summed E-state index contributed by atoms with van der Waals surface area (Å²) in [5.74, 6) is 0. The van der Waals surface area contributed by atoms with Gasteiger partial charge in [0.2, 0.25) is 0 Å². The molecule has 3 nitrogen and oxygen atoms in total. The fourth-order valence-corrected chi connectivity index (χ4v) is 1.45. The Morgan fingerprint density at radius 3 is 2.65 bits per heavy atom. The molecule has 7 heteroatoms. The number of aromatic nitrogens is 1. The zero-order valence-electron chi connectivity index (χ0n) is 8.25. The topological polar surface area (TPSA) is 38.1 Å². The molecule has 0 atom stereocenters. The first-order chi connectivity index (χ1) is 7.97. The van der Waals surface area contributed by atoms with E-state index in [1.807, 2.05) is 0 Å². The van der Waals surface area contributed by atoms with Gasteiger partial charge in [0.15, 0.2) is 0 Å². The predicted octanol–water partition coefficient (Wildman–Crippen LogP) is 4.09. The summed E-state index contributed by atoms with van der Waals surface area (Å²) >= 11 is 5.48. The van der Waals surface area contributed by atoms with E-state index in [0.717, 1.165) is 12.1 Å². The number of oxazole rings is 1. The zero-order valence-corrected chi connectivity index (χ0v) is 9.01. The minimum absolute atomic E-state index is 0.112. The lowest BCUT2D eigenvalue weighted by molar-refractivity contribution is -0.137. The number of nitrogens with one attached hydrogen (secondary N) is 1.